The van der Waals surface area contributed by atoms with E-state index in [1.807, 2.05) is 12.1 Å². The molecule has 0 atom stereocenters. The molecule has 2 rings (SSSR count). The Morgan fingerprint density at radius 2 is 2.14 bits per heavy atom. The van der Waals surface area contributed by atoms with Crippen LogP contribution in [0, 0.1) is 11.3 Å². The lowest BCUT2D eigenvalue weighted by Crippen LogP contribution is -2.13. The number of hydrogen-bond acceptors (Lipinski definition) is 3. The van der Waals surface area contributed by atoms with Crippen LogP contribution in [0.15, 0.2) is 36.7 Å². The minimum atomic E-state index is 0.568. The zero-order valence-corrected chi connectivity index (χ0v) is 12.6. The predicted molar refractivity (Wildman–Crippen MR) is 83.2 cm³/mol. The molecular formula is C17H21N3O. The Bertz CT molecular complexity index is 625. The van der Waals surface area contributed by atoms with Crippen LogP contribution in [0.1, 0.15) is 30.0 Å². The molecular weight excluding hydrogens is 262 g/mol. The lowest BCUT2D eigenvalue weighted by molar-refractivity contribution is 0.413. The molecule has 0 fully saturated rings. The molecule has 110 valence electrons. The number of nitriles is 1. The Hall–Kier alpha value is -2.25. The number of nitrogens with one attached hydrogen (secondary N) is 1. The van der Waals surface area contributed by atoms with E-state index in [9.17, 15) is 0 Å². The Morgan fingerprint density at radius 1 is 1.29 bits per heavy atom. The molecule has 0 unspecified atom stereocenters. The van der Waals surface area contributed by atoms with Gasteiger partial charge in [-0.25, -0.2) is 0 Å². The second kappa shape index (κ2) is 7.51. The molecule has 0 aliphatic rings. The van der Waals surface area contributed by atoms with E-state index in [2.05, 4.69) is 41.3 Å². The number of ether oxygens (including phenoxy) is 1. The lowest BCUT2D eigenvalue weighted by Gasteiger charge is -2.07. The van der Waals surface area contributed by atoms with E-state index in [1.165, 1.54) is 5.56 Å². The normalized spacial score (nSPS) is 10.3. The highest BCUT2D eigenvalue weighted by Gasteiger charge is 2.04. The van der Waals surface area contributed by atoms with Crippen molar-refractivity contribution in [2.75, 3.05) is 13.7 Å². The van der Waals surface area contributed by atoms with Crippen LogP contribution in [0.3, 0.4) is 0 Å². The summed E-state index contributed by atoms with van der Waals surface area (Å²) in [6, 6.07) is 9.96. The minimum absolute atomic E-state index is 0.568. The fourth-order valence-corrected chi connectivity index (χ4v) is 2.24. The molecule has 1 aromatic carbocycles. The largest absolute Gasteiger partial charge is 0.495 e. The highest BCUT2D eigenvalue weighted by molar-refractivity contribution is 5.45. The van der Waals surface area contributed by atoms with Gasteiger partial charge in [-0.1, -0.05) is 13.0 Å². The van der Waals surface area contributed by atoms with Gasteiger partial charge in [0, 0.05) is 25.5 Å². The third-order valence-electron chi connectivity index (χ3n) is 3.32. The van der Waals surface area contributed by atoms with Crippen molar-refractivity contribution < 1.29 is 4.74 Å². The summed E-state index contributed by atoms with van der Waals surface area (Å²) in [5.74, 6) is 0.631. The van der Waals surface area contributed by atoms with Crippen LogP contribution in [0.4, 0.5) is 0 Å². The minimum Gasteiger partial charge on any atom is -0.495 e. The summed E-state index contributed by atoms with van der Waals surface area (Å²) in [5, 5.41) is 12.4. The van der Waals surface area contributed by atoms with Crippen LogP contribution in [-0.4, -0.2) is 18.2 Å². The first-order valence-electron chi connectivity index (χ1n) is 7.19. The maximum atomic E-state index is 8.99. The van der Waals surface area contributed by atoms with E-state index in [-0.39, 0.29) is 0 Å². The second-order valence-electron chi connectivity index (χ2n) is 5.02. The van der Waals surface area contributed by atoms with Crippen molar-refractivity contribution in [1.29, 1.82) is 5.26 Å². The summed E-state index contributed by atoms with van der Waals surface area (Å²) in [7, 11) is 1.59. The molecule has 0 radical (unpaired) electrons. The predicted octanol–water partition coefficient (Wildman–Crippen LogP) is 2.92. The topological polar surface area (TPSA) is 50.0 Å². The van der Waals surface area contributed by atoms with Crippen LogP contribution in [0.2, 0.25) is 0 Å². The van der Waals surface area contributed by atoms with Gasteiger partial charge in [-0.15, -0.1) is 0 Å². The van der Waals surface area contributed by atoms with Gasteiger partial charge in [0.2, 0.25) is 0 Å². The smallest absolute Gasteiger partial charge is 0.136 e. The summed E-state index contributed by atoms with van der Waals surface area (Å²) in [6.45, 7) is 4.88. The molecule has 1 heterocycles. The number of aromatic nitrogens is 1. The van der Waals surface area contributed by atoms with E-state index >= 15 is 0 Å². The van der Waals surface area contributed by atoms with E-state index in [0.29, 0.717) is 11.3 Å². The van der Waals surface area contributed by atoms with Gasteiger partial charge in [0.05, 0.1) is 12.7 Å². The molecule has 0 bridgehead atoms. The quantitative estimate of drug-likeness (QED) is 0.795. The average molecular weight is 283 g/mol. The van der Waals surface area contributed by atoms with Gasteiger partial charge in [-0.2, -0.15) is 5.26 Å². The van der Waals surface area contributed by atoms with E-state index in [1.54, 1.807) is 13.2 Å². The maximum Gasteiger partial charge on any atom is 0.136 e. The Kier molecular flexibility index (Phi) is 5.42. The Labute approximate surface area is 126 Å². The van der Waals surface area contributed by atoms with Crippen LogP contribution in [-0.2, 0) is 13.1 Å². The first-order valence-corrected chi connectivity index (χ1v) is 7.19. The van der Waals surface area contributed by atoms with Crippen molar-refractivity contribution in [2.45, 2.75) is 26.4 Å². The van der Waals surface area contributed by atoms with Crippen LogP contribution < -0.4 is 10.1 Å². The van der Waals surface area contributed by atoms with Crippen molar-refractivity contribution in [3.05, 3.63) is 53.3 Å². The van der Waals surface area contributed by atoms with Gasteiger partial charge in [-0.05, 0) is 42.3 Å². The van der Waals surface area contributed by atoms with Crippen molar-refractivity contribution in [2.24, 2.45) is 0 Å². The van der Waals surface area contributed by atoms with Gasteiger partial charge < -0.3 is 14.6 Å². The monoisotopic (exact) mass is 283 g/mol. The summed E-state index contributed by atoms with van der Waals surface area (Å²) >= 11 is 0. The van der Waals surface area contributed by atoms with Gasteiger partial charge in [0.15, 0.2) is 0 Å². The third kappa shape index (κ3) is 4.11. The standard InChI is InChI=1S/C17H21N3O/c1-3-7-19-11-15-6-8-20(13-15)12-14-4-5-16(10-18)17(9-14)21-2/h4-6,8-9,13,19H,3,7,11-12H2,1-2H3. The highest BCUT2D eigenvalue weighted by atomic mass is 16.5. The van der Waals surface area contributed by atoms with Crippen molar-refractivity contribution in [3.63, 3.8) is 0 Å². The molecule has 0 saturated carbocycles. The van der Waals surface area contributed by atoms with E-state index in [4.69, 9.17) is 10.00 Å². The highest BCUT2D eigenvalue weighted by Crippen LogP contribution is 2.20. The Balaban J connectivity index is 2.03. The first-order chi connectivity index (χ1) is 10.3. The lowest BCUT2D eigenvalue weighted by atomic mass is 10.1. The van der Waals surface area contributed by atoms with Crippen molar-refractivity contribution in [3.8, 4) is 11.8 Å². The number of rotatable bonds is 7. The van der Waals surface area contributed by atoms with Crippen LogP contribution in [0.25, 0.3) is 0 Å². The molecule has 0 amide bonds. The van der Waals surface area contributed by atoms with Crippen molar-refractivity contribution >= 4 is 0 Å². The molecule has 0 aliphatic heterocycles. The zero-order chi connectivity index (χ0) is 15.1. The van der Waals surface area contributed by atoms with Crippen LogP contribution in [0.5, 0.6) is 5.75 Å². The molecule has 1 N–H and O–H groups in total. The second-order valence-corrected chi connectivity index (χ2v) is 5.02. The first kappa shape index (κ1) is 15.1. The van der Waals surface area contributed by atoms with Gasteiger partial charge in [0.1, 0.15) is 11.8 Å². The van der Waals surface area contributed by atoms with Gasteiger partial charge in [-0.3, -0.25) is 0 Å². The van der Waals surface area contributed by atoms with E-state index < -0.39 is 0 Å². The SMILES string of the molecule is CCCNCc1ccn(Cc2ccc(C#N)c(OC)c2)c1. The zero-order valence-electron chi connectivity index (χ0n) is 12.6. The molecule has 1 aromatic heterocycles. The number of nitrogens with zero attached hydrogens (tertiary/aromatic N) is 2. The van der Waals surface area contributed by atoms with Gasteiger partial charge >= 0.3 is 0 Å². The van der Waals surface area contributed by atoms with Gasteiger partial charge in [0.25, 0.3) is 0 Å². The van der Waals surface area contributed by atoms with E-state index in [0.717, 1.165) is 31.6 Å². The third-order valence-corrected chi connectivity index (χ3v) is 3.32. The number of benzene rings is 1. The fraction of sp³-hybridized carbons (Fsp3) is 0.353. The number of hydrogen-bond donors (Lipinski definition) is 1. The molecule has 0 saturated heterocycles. The summed E-state index contributed by atoms with van der Waals surface area (Å²) in [5.41, 5.74) is 2.97. The average Bonchev–Trinajstić information content (AvgIpc) is 2.95. The number of methoxy groups -OCH3 is 1. The molecule has 2 aromatic rings. The summed E-state index contributed by atoms with van der Waals surface area (Å²) in [6.07, 6.45) is 5.37. The molecule has 21 heavy (non-hydrogen) atoms. The summed E-state index contributed by atoms with van der Waals surface area (Å²) in [4.78, 5) is 0. The molecule has 4 nitrogen and oxygen atoms in total. The maximum absolute atomic E-state index is 8.99. The molecule has 0 spiro atoms. The summed E-state index contributed by atoms with van der Waals surface area (Å²) < 4.78 is 7.39. The fourth-order valence-electron chi connectivity index (χ4n) is 2.24. The van der Waals surface area contributed by atoms with Crippen molar-refractivity contribution in [1.82, 2.24) is 9.88 Å². The molecule has 4 heteroatoms. The van der Waals surface area contributed by atoms with Crippen LogP contribution >= 0.6 is 0 Å². The molecule has 0 aliphatic carbocycles. The Morgan fingerprint density at radius 3 is 2.86 bits per heavy atom.